The molecule has 0 saturated heterocycles. The topological polar surface area (TPSA) is 64.4 Å². The minimum absolute atomic E-state index is 0.392. The predicted octanol–water partition coefficient (Wildman–Crippen LogP) is 2.01. The molecule has 3 heteroatoms. The number of allylic oxidation sites excluding steroid dienone is 1. The number of benzene rings is 2. The average Bonchev–Trinajstić information content (AvgIpc) is 2.43. The molecule has 0 amide bonds. The number of aliphatic imine (C=N–C) groups is 1. The monoisotopic (exact) mass is 251 g/mol. The minimum atomic E-state index is -0.612. The third-order valence-corrected chi connectivity index (χ3v) is 3.67. The van der Waals surface area contributed by atoms with Gasteiger partial charge in [-0.3, -0.25) is 4.99 Å². The maximum absolute atomic E-state index is 6.40. The molecule has 0 aromatic heterocycles. The molecule has 0 saturated carbocycles. The van der Waals surface area contributed by atoms with E-state index in [0.29, 0.717) is 6.42 Å². The third-order valence-electron chi connectivity index (χ3n) is 3.67. The Hall–Kier alpha value is -1.97. The van der Waals surface area contributed by atoms with Gasteiger partial charge in [-0.2, -0.15) is 0 Å². The predicted molar refractivity (Wildman–Crippen MR) is 80.2 cm³/mol. The van der Waals surface area contributed by atoms with E-state index < -0.39 is 11.7 Å². The van der Waals surface area contributed by atoms with Gasteiger partial charge in [-0.1, -0.05) is 48.5 Å². The Labute approximate surface area is 112 Å². The summed E-state index contributed by atoms with van der Waals surface area (Å²) in [6, 6.07) is 14.6. The highest BCUT2D eigenvalue weighted by Gasteiger charge is 2.31. The molecular weight excluding hydrogens is 234 g/mol. The summed E-state index contributed by atoms with van der Waals surface area (Å²) < 4.78 is 0. The fourth-order valence-electron chi connectivity index (χ4n) is 2.54. The van der Waals surface area contributed by atoms with E-state index in [9.17, 15) is 0 Å². The highest BCUT2D eigenvalue weighted by Crippen LogP contribution is 2.25. The van der Waals surface area contributed by atoms with Crippen LogP contribution in [0.5, 0.6) is 0 Å². The summed E-state index contributed by atoms with van der Waals surface area (Å²) >= 11 is 0. The van der Waals surface area contributed by atoms with Crippen LogP contribution in [0.2, 0.25) is 0 Å². The van der Waals surface area contributed by atoms with E-state index in [1.807, 2.05) is 24.3 Å². The first-order valence-electron chi connectivity index (χ1n) is 6.41. The molecule has 0 bridgehead atoms. The van der Waals surface area contributed by atoms with Crippen molar-refractivity contribution in [3.8, 4) is 0 Å². The zero-order valence-electron chi connectivity index (χ0n) is 10.7. The van der Waals surface area contributed by atoms with Crippen molar-refractivity contribution in [2.24, 2.45) is 16.5 Å². The Kier molecular flexibility index (Phi) is 2.93. The van der Waals surface area contributed by atoms with Gasteiger partial charge >= 0.3 is 0 Å². The lowest BCUT2D eigenvalue weighted by Crippen LogP contribution is -2.55. The molecule has 2 atom stereocenters. The molecule has 1 aliphatic heterocycles. The fraction of sp³-hybridized carbons (Fsp3) is 0.188. The van der Waals surface area contributed by atoms with Crippen molar-refractivity contribution in [3.63, 3.8) is 0 Å². The van der Waals surface area contributed by atoms with Crippen molar-refractivity contribution in [1.29, 1.82) is 0 Å². The van der Waals surface area contributed by atoms with Crippen molar-refractivity contribution in [3.05, 3.63) is 60.2 Å². The first-order chi connectivity index (χ1) is 9.19. The standard InChI is InChI=1S/C16H17N3/c17-15-16(18,9-4-10-19-15)11-13-7-3-6-12-5-1-2-8-14(12)13/h1-10,15H,11,17-18H2. The van der Waals surface area contributed by atoms with Gasteiger partial charge in [0, 0.05) is 6.21 Å². The lowest BCUT2D eigenvalue weighted by atomic mass is 9.86. The zero-order chi connectivity index (χ0) is 13.3. The van der Waals surface area contributed by atoms with Crippen molar-refractivity contribution in [2.75, 3.05) is 0 Å². The van der Waals surface area contributed by atoms with Crippen molar-refractivity contribution >= 4 is 17.0 Å². The molecule has 1 aliphatic rings. The van der Waals surface area contributed by atoms with E-state index in [-0.39, 0.29) is 0 Å². The van der Waals surface area contributed by atoms with E-state index in [1.54, 1.807) is 6.21 Å². The molecule has 4 N–H and O–H groups in total. The molecule has 19 heavy (non-hydrogen) atoms. The van der Waals surface area contributed by atoms with Crippen LogP contribution in [0.25, 0.3) is 10.8 Å². The van der Waals surface area contributed by atoms with Gasteiger partial charge in [0.1, 0.15) is 6.17 Å². The third kappa shape index (κ3) is 2.18. The van der Waals surface area contributed by atoms with Crippen LogP contribution in [0.3, 0.4) is 0 Å². The second-order valence-corrected chi connectivity index (χ2v) is 5.03. The molecule has 0 spiro atoms. The first kappa shape index (κ1) is 12.1. The Morgan fingerprint density at radius 3 is 2.74 bits per heavy atom. The zero-order valence-corrected chi connectivity index (χ0v) is 10.7. The highest BCUT2D eigenvalue weighted by molar-refractivity contribution is 5.86. The Balaban J connectivity index is 2.02. The van der Waals surface area contributed by atoms with Crippen LogP contribution < -0.4 is 11.5 Å². The molecule has 2 aromatic rings. The Morgan fingerprint density at radius 2 is 1.89 bits per heavy atom. The summed E-state index contributed by atoms with van der Waals surface area (Å²) in [6.45, 7) is 0. The van der Waals surface area contributed by atoms with Crippen LogP contribution >= 0.6 is 0 Å². The first-order valence-corrected chi connectivity index (χ1v) is 6.41. The summed E-state index contributed by atoms with van der Waals surface area (Å²) in [5.74, 6) is 0. The highest BCUT2D eigenvalue weighted by atomic mass is 15.0. The van der Waals surface area contributed by atoms with Crippen LogP contribution in [-0.4, -0.2) is 17.9 Å². The molecule has 1 heterocycles. The molecular formula is C16H17N3. The number of hydrogen-bond donors (Lipinski definition) is 2. The second-order valence-electron chi connectivity index (χ2n) is 5.03. The van der Waals surface area contributed by atoms with Crippen LogP contribution in [0.1, 0.15) is 5.56 Å². The maximum atomic E-state index is 6.40. The minimum Gasteiger partial charge on any atom is -0.319 e. The van der Waals surface area contributed by atoms with Crippen molar-refractivity contribution in [1.82, 2.24) is 0 Å². The number of rotatable bonds is 2. The van der Waals surface area contributed by atoms with Gasteiger partial charge in [0.15, 0.2) is 0 Å². The molecule has 2 aromatic carbocycles. The van der Waals surface area contributed by atoms with Gasteiger partial charge in [-0.15, -0.1) is 0 Å². The summed E-state index contributed by atoms with van der Waals surface area (Å²) in [7, 11) is 0. The molecule has 3 nitrogen and oxygen atoms in total. The molecule has 3 rings (SSSR count). The van der Waals surface area contributed by atoms with E-state index >= 15 is 0 Å². The van der Waals surface area contributed by atoms with Gasteiger partial charge < -0.3 is 11.5 Å². The second kappa shape index (κ2) is 4.61. The van der Waals surface area contributed by atoms with Gasteiger partial charge in [-0.05, 0) is 28.8 Å². The summed E-state index contributed by atoms with van der Waals surface area (Å²) in [5, 5.41) is 2.45. The molecule has 0 aliphatic carbocycles. The van der Waals surface area contributed by atoms with Crippen LogP contribution in [0.4, 0.5) is 0 Å². The number of nitrogens with zero attached hydrogens (tertiary/aromatic N) is 1. The van der Waals surface area contributed by atoms with Gasteiger partial charge in [0.2, 0.25) is 0 Å². The van der Waals surface area contributed by atoms with Crippen LogP contribution in [0, 0.1) is 0 Å². The molecule has 0 fully saturated rings. The lowest BCUT2D eigenvalue weighted by Gasteiger charge is -2.32. The number of hydrogen-bond acceptors (Lipinski definition) is 3. The van der Waals surface area contributed by atoms with Crippen molar-refractivity contribution in [2.45, 2.75) is 18.1 Å². The quantitative estimate of drug-likeness (QED) is 0.857. The molecule has 96 valence electrons. The number of dihydropyridines is 1. The number of nitrogens with two attached hydrogens (primary N) is 2. The fourth-order valence-corrected chi connectivity index (χ4v) is 2.54. The van der Waals surface area contributed by atoms with Gasteiger partial charge in [-0.25, -0.2) is 0 Å². The average molecular weight is 251 g/mol. The van der Waals surface area contributed by atoms with Crippen LogP contribution in [0.15, 0.2) is 59.6 Å². The lowest BCUT2D eigenvalue weighted by molar-refractivity contribution is 0.427. The number of fused-ring (bicyclic) bond motifs is 1. The molecule has 2 unspecified atom stereocenters. The molecule has 0 radical (unpaired) electrons. The largest absolute Gasteiger partial charge is 0.319 e. The Bertz CT molecular complexity index is 655. The van der Waals surface area contributed by atoms with E-state index in [2.05, 4.69) is 35.3 Å². The SMILES string of the molecule is NC1N=CC=CC1(N)Cc1cccc2ccccc12. The Morgan fingerprint density at radius 1 is 1.11 bits per heavy atom. The van der Waals surface area contributed by atoms with Gasteiger partial charge in [0.25, 0.3) is 0 Å². The van der Waals surface area contributed by atoms with Crippen molar-refractivity contribution < 1.29 is 0 Å². The van der Waals surface area contributed by atoms with Crippen LogP contribution in [-0.2, 0) is 6.42 Å². The summed E-state index contributed by atoms with van der Waals surface area (Å²) in [5.41, 5.74) is 13.0. The summed E-state index contributed by atoms with van der Waals surface area (Å²) in [4.78, 5) is 4.20. The maximum Gasteiger partial charge on any atom is 0.119 e. The summed E-state index contributed by atoms with van der Waals surface area (Å²) in [6.07, 6.45) is 5.82. The normalized spacial score (nSPS) is 25.9. The van der Waals surface area contributed by atoms with E-state index in [4.69, 9.17) is 11.5 Å². The smallest absolute Gasteiger partial charge is 0.119 e. The van der Waals surface area contributed by atoms with Gasteiger partial charge in [0.05, 0.1) is 5.54 Å². The van der Waals surface area contributed by atoms with E-state index in [1.165, 1.54) is 16.3 Å². The van der Waals surface area contributed by atoms with E-state index in [0.717, 1.165) is 0 Å².